The molecule has 0 bridgehead atoms. The van der Waals surface area contributed by atoms with Crippen molar-refractivity contribution >= 4 is 23.5 Å². The van der Waals surface area contributed by atoms with Crippen molar-refractivity contribution in [1.29, 1.82) is 0 Å². The smallest absolute Gasteiger partial charge is 0.328 e. The van der Waals surface area contributed by atoms with Crippen LogP contribution in [0.3, 0.4) is 0 Å². The second-order valence-corrected chi connectivity index (χ2v) is 3.98. The molecule has 1 amide bonds. The molecule has 1 atom stereocenters. The van der Waals surface area contributed by atoms with Crippen molar-refractivity contribution in [3.05, 3.63) is 34.9 Å². The van der Waals surface area contributed by atoms with Crippen molar-refractivity contribution in [3.63, 3.8) is 0 Å². The van der Waals surface area contributed by atoms with Gasteiger partial charge in [0.2, 0.25) is 5.91 Å². The third-order valence-corrected chi connectivity index (χ3v) is 2.61. The van der Waals surface area contributed by atoms with Crippen LogP contribution < -0.4 is 5.32 Å². The Bertz CT molecular complexity index is 420. The average Bonchev–Trinajstić information content (AvgIpc) is 2.29. The van der Waals surface area contributed by atoms with Gasteiger partial charge in [-0.25, -0.2) is 4.79 Å². The summed E-state index contributed by atoms with van der Waals surface area (Å²) in [6.07, 6.45) is 0.311. The van der Waals surface area contributed by atoms with E-state index >= 15 is 0 Å². The standard InChI is InChI=1S/C12H14ClNO3/c1-8(15)14-11(12(16)17-2)7-9-5-3-4-6-10(9)13/h3-6,11H,7H2,1-2H3,(H,14,15)/t11-/m0/s1. The number of esters is 1. The van der Waals surface area contributed by atoms with E-state index in [1.54, 1.807) is 18.2 Å². The molecular formula is C12H14ClNO3. The fraction of sp³-hybridized carbons (Fsp3) is 0.333. The fourth-order valence-corrected chi connectivity index (χ4v) is 1.68. The topological polar surface area (TPSA) is 55.4 Å². The maximum atomic E-state index is 11.5. The molecule has 0 spiro atoms. The van der Waals surface area contributed by atoms with Gasteiger partial charge in [0.25, 0.3) is 0 Å². The van der Waals surface area contributed by atoms with Crippen LogP contribution in [0.1, 0.15) is 12.5 Å². The molecule has 4 nitrogen and oxygen atoms in total. The zero-order valence-electron chi connectivity index (χ0n) is 9.70. The van der Waals surface area contributed by atoms with Crippen LogP contribution in [0.5, 0.6) is 0 Å². The lowest BCUT2D eigenvalue weighted by molar-refractivity contribution is -0.144. The van der Waals surface area contributed by atoms with Crippen molar-refractivity contribution < 1.29 is 14.3 Å². The van der Waals surface area contributed by atoms with Crippen LogP contribution in [0.25, 0.3) is 0 Å². The molecule has 1 rings (SSSR count). The zero-order valence-corrected chi connectivity index (χ0v) is 10.5. The minimum Gasteiger partial charge on any atom is -0.467 e. The quantitative estimate of drug-likeness (QED) is 0.831. The van der Waals surface area contributed by atoms with Gasteiger partial charge in [-0.15, -0.1) is 0 Å². The van der Waals surface area contributed by atoms with E-state index in [2.05, 4.69) is 10.1 Å². The van der Waals surface area contributed by atoms with E-state index in [9.17, 15) is 9.59 Å². The lowest BCUT2D eigenvalue weighted by Gasteiger charge is -2.16. The van der Waals surface area contributed by atoms with Gasteiger partial charge in [0.1, 0.15) is 6.04 Å². The Labute approximate surface area is 105 Å². The van der Waals surface area contributed by atoms with Crippen LogP contribution in [-0.4, -0.2) is 25.0 Å². The van der Waals surface area contributed by atoms with Crippen LogP contribution in [0.4, 0.5) is 0 Å². The first kappa shape index (κ1) is 13.5. The van der Waals surface area contributed by atoms with Gasteiger partial charge in [-0.05, 0) is 11.6 Å². The van der Waals surface area contributed by atoms with E-state index in [0.29, 0.717) is 11.4 Å². The van der Waals surface area contributed by atoms with Crippen molar-refractivity contribution in [1.82, 2.24) is 5.32 Å². The van der Waals surface area contributed by atoms with Gasteiger partial charge in [0.15, 0.2) is 0 Å². The number of hydrogen-bond acceptors (Lipinski definition) is 3. The molecule has 0 radical (unpaired) electrons. The molecule has 0 heterocycles. The highest BCUT2D eigenvalue weighted by Crippen LogP contribution is 2.17. The normalized spacial score (nSPS) is 11.7. The Balaban J connectivity index is 2.82. The van der Waals surface area contributed by atoms with Gasteiger partial charge in [0, 0.05) is 18.4 Å². The van der Waals surface area contributed by atoms with Crippen LogP contribution in [-0.2, 0) is 20.7 Å². The number of methoxy groups -OCH3 is 1. The number of nitrogens with one attached hydrogen (secondary N) is 1. The van der Waals surface area contributed by atoms with E-state index in [4.69, 9.17) is 11.6 Å². The van der Waals surface area contributed by atoms with Crippen LogP contribution in [0.15, 0.2) is 24.3 Å². The number of benzene rings is 1. The predicted molar refractivity (Wildman–Crippen MR) is 64.8 cm³/mol. The molecule has 1 aromatic carbocycles. The van der Waals surface area contributed by atoms with Gasteiger partial charge >= 0.3 is 5.97 Å². The van der Waals surface area contributed by atoms with Gasteiger partial charge in [-0.1, -0.05) is 29.8 Å². The SMILES string of the molecule is COC(=O)[C@H](Cc1ccccc1Cl)NC(C)=O. The second-order valence-electron chi connectivity index (χ2n) is 3.57. The van der Waals surface area contributed by atoms with Crippen LogP contribution >= 0.6 is 11.6 Å². The summed E-state index contributed by atoms with van der Waals surface area (Å²) in [4.78, 5) is 22.5. The van der Waals surface area contributed by atoms with E-state index in [0.717, 1.165) is 5.56 Å². The Morgan fingerprint density at radius 2 is 2.06 bits per heavy atom. The van der Waals surface area contributed by atoms with Gasteiger partial charge < -0.3 is 10.1 Å². The second kappa shape index (κ2) is 6.25. The van der Waals surface area contributed by atoms with Crippen molar-refractivity contribution in [2.24, 2.45) is 0 Å². The number of carbonyl (C=O) groups excluding carboxylic acids is 2. The number of carbonyl (C=O) groups is 2. The molecule has 0 aliphatic carbocycles. The molecule has 0 saturated heterocycles. The van der Waals surface area contributed by atoms with Crippen molar-refractivity contribution in [2.45, 2.75) is 19.4 Å². The molecular weight excluding hydrogens is 242 g/mol. The molecule has 0 unspecified atom stereocenters. The largest absolute Gasteiger partial charge is 0.467 e. The van der Waals surface area contributed by atoms with E-state index in [-0.39, 0.29) is 5.91 Å². The molecule has 1 N–H and O–H groups in total. The minimum atomic E-state index is -0.711. The number of amides is 1. The molecule has 0 aromatic heterocycles. The number of halogens is 1. The van der Waals surface area contributed by atoms with Gasteiger partial charge in [-0.3, -0.25) is 4.79 Å². The van der Waals surface area contributed by atoms with Crippen LogP contribution in [0, 0.1) is 0 Å². The Morgan fingerprint density at radius 1 is 1.41 bits per heavy atom. The molecule has 0 saturated carbocycles. The lowest BCUT2D eigenvalue weighted by Crippen LogP contribution is -2.42. The Morgan fingerprint density at radius 3 is 2.59 bits per heavy atom. The lowest BCUT2D eigenvalue weighted by atomic mass is 10.1. The summed E-state index contributed by atoms with van der Waals surface area (Å²) in [5.41, 5.74) is 0.790. The number of ether oxygens (including phenoxy) is 1. The molecule has 92 valence electrons. The van der Waals surface area contributed by atoms with Gasteiger partial charge in [-0.2, -0.15) is 0 Å². The highest BCUT2D eigenvalue weighted by molar-refractivity contribution is 6.31. The predicted octanol–water partition coefficient (Wildman–Crippen LogP) is 1.56. The first-order chi connectivity index (χ1) is 8.04. The highest BCUT2D eigenvalue weighted by atomic mass is 35.5. The monoisotopic (exact) mass is 255 g/mol. The number of hydrogen-bond donors (Lipinski definition) is 1. The summed E-state index contributed by atoms with van der Waals surface area (Å²) in [5, 5.41) is 3.10. The van der Waals surface area contributed by atoms with E-state index < -0.39 is 12.0 Å². The minimum absolute atomic E-state index is 0.285. The van der Waals surface area contributed by atoms with Crippen molar-refractivity contribution in [3.8, 4) is 0 Å². The molecule has 5 heteroatoms. The number of rotatable bonds is 4. The van der Waals surface area contributed by atoms with E-state index in [1.165, 1.54) is 14.0 Å². The fourth-order valence-electron chi connectivity index (χ4n) is 1.46. The molecule has 0 aliphatic rings. The Hall–Kier alpha value is -1.55. The molecule has 0 fully saturated rings. The Kier molecular flexibility index (Phi) is 4.97. The molecule has 1 aromatic rings. The maximum absolute atomic E-state index is 11.5. The summed E-state index contributed by atoms with van der Waals surface area (Å²) >= 11 is 5.99. The summed E-state index contributed by atoms with van der Waals surface area (Å²) in [6.45, 7) is 1.35. The highest BCUT2D eigenvalue weighted by Gasteiger charge is 2.21. The first-order valence-electron chi connectivity index (χ1n) is 5.13. The van der Waals surface area contributed by atoms with Gasteiger partial charge in [0.05, 0.1) is 7.11 Å². The maximum Gasteiger partial charge on any atom is 0.328 e. The summed E-state index contributed by atoms with van der Waals surface area (Å²) < 4.78 is 4.63. The van der Waals surface area contributed by atoms with Crippen LogP contribution in [0.2, 0.25) is 5.02 Å². The zero-order chi connectivity index (χ0) is 12.8. The average molecular weight is 256 g/mol. The van der Waals surface area contributed by atoms with E-state index in [1.807, 2.05) is 6.07 Å². The molecule has 0 aliphatic heterocycles. The van der Waals surface area contributed by atoms with Crippen molar-refractivity contribution in [2.75, 3.05) is 7.11 Å². The summed E-state index contributed by atoms with van der Waals surface area (Å²) in [5.74, 6) is -0.771. The third kappa shape index (κ3) is 4.07. The molecule has 17 heavy (non-hydrogen) atoms. The third-order valence-electron chi connectivity index (χ3n) is 2.25. The first-order valence-corrected chi connectivity index (χ1v) is 5.50. The summed E-state index contributed by atoms with van der Waals surface area (Å²) in [6, 6.07) is 6.46. The summed E-state index contributed by atoms with van der Waals surface area (Å²) in [7, 11) is 1.28.